The lowest BCUT2D eigenvalue weighted by Crippen LogP contribution is -2.17. The molecule has 0 aromatic heterocycles. The van der Waals surface area contributed by atoms with Crippen molar-refractivity contribution >= 4 is 46.3 Å². The zero-order valence-electron chi connectivity index (χ0n) is 13.9. The highest BCUT2D eigenvalue weighted by Gasteiger charge is 2.11. The van der Waals surface area contributed by atoms with Crippen LogP contribution in [0.25, 0.3) is 0 Å². The summed E-state index contributed by atoms with van der Waals surface area (Å²) in [7, 11) is 1.59. The Labute approximate surface area is 165 Å². The summed E-state index contributed by atoms with van der Waals surface area (Å²) in [6.45, 7) is 2.67. The summed E-state index contributed by atoms with van der Waals surface area (Å²) in [6, 6.07) is 10.4. The van der Waals surface area contributed by atoms with Gasteiger partial charge in [-0.1, -0.05) is 24.6 Å². The third kappa shape index (κ3) is 5.61. The average molecular weight is 473 g/mol. The van der Waals surface area contributed by atoms with Crippen LogP contribution in [0.5, 0.6) is 11.5 Å². The van der Waals surface area contributed by atoms with Crippen LogP contribution in [-0.4, -0.2) is 25.8 Å². The van der Waals surface area contributed by atoms with Gasteiger partial charge in [-0.05, 0) is 64.9 Å². The van der Waals surface area contributed by atoms with E-state index in [0.29, 0.717) is 28.7 Å². The van der Waals surface area contributed by atoms with Gasteiger partial charge in [0.15, 0.2) is 11.5 Å². The molecule has 0 fully saturated rings. The van der Waals surface area contributed by atoms with Gasteiger partial charge in [0.05, 0.1) is 23.5 Å². The molecule has 2 aromatic rings. The third-order valence-electron chi connectivity index (χ3n) is 3.17. The van der Waals surface area contributed by atoms with Gasteiger partial charge in [0.2, 0.25) is 0 Å². The first-order valence-corrected chi connectivity index (χ1v) is 9.10. The lowest BCUT2D eigenvalue weighted by Gasteiger charge is -2.12. The van der Waals surface area contributed by atoms with E-state index in [4.69, 9.17) is 21.1 Å². The van der Waals surface area contributed by atoms with Crippen LogP contribution in [0.1, 0.15) is 29.3 Å². The quantitative estimate of drug-likeness (QED) is 0.367. The minimum Gasteiger partial charge on any atom is -0.493 e. The highest BCUT2D eigenvalue weighted by molar-refractivity contribution is 14.1. The van der Waals surface area contributed by atoms with Gasteiger partial charge in [-0.15, -0.1) is 0 Å². The Bertz CT molecular complexity index is 781. The molecule has 0 aliphatic heterocycles. The monoisotopic (exact) mass is 472 g/mol. The smallest absolute Gasteiger partial charge is 0.271 e. The van der Waals surface area contributed by atoms with Crippen LogP contribution in [0.15, 0.2) is 41.5 Å². The molecule has 5 nitrogen and oxygen atoms in total. The van der Waals surface area contributed by atoms with Gasteiger partial charge >= 0.3 is 0 Å². The summed E-state index contributed by atoms with van der Waals surface area (Å²) in [5.41, 5.74) is 3.71. The molecule has 0 spiro atoms. The number of hydrazone groups is 1. The van der Waals surface area contributed by atoms with Crippen LogP contribution < -0.4 is 14.9 Å². The van der Waals surface area contributed by atoms with Crippen molar-refractivity contribution < 1.29 is 14.3 Å². The van der Waals surface area contributed by atoms with E-state index in [0.717, 1.165) is 15.6 Å². The predicted molar refractivity (Wildman–Crippen MR) is 108 cm³/mol. The van der Waals surface area contributed by atoms with E-state index in [2.05, 4.69) is 33.1 Å². The number of nitrogens with zero attached hydrogens (tertiary/aromatic N) is 1. The van der Waals surface area contributed by atoms with Crippen LogP contribution in [-0.2, 0) is 0 Å². The molecular formula is C18H18ClIN2O3. The molecule has 0 aliphatic carbocycles. The van der Waals surface area contributed by atoms with Crippen molar-refractivity contribution in [1.82, 2.24) is 5.43 Å². The molecule has 0 bridgehead atoms. The number of carbonyl (C=O) groups excluding carboxylic acids is 1. The number of benzene rings is 2. The van der Waals surface area contributed by atoms with Gasteiger partial charge in [0.25, 0.3) is 5.91 Å². The average Bonchev–Trinajstić information content (AvgIpc) is 2.60. The molecule has 0 aliphatic rings. The molecule has 2 rings (SSSR count). The van der Waals surface area contributed by atoms with E-state index in [9.17, 15) is 4.79 Å². The maximum absolute atomic E-state index is 12.0. The Hall–Kier alpha value is -1.80. The summed E-state index contributed by atoms with van der Waals surface area (Å²) in [5, 5.41) is 4.49. The second-order valence-corrected chi connectivity index (χ2v) is 6.69. The van der Waals surface area contributed by atoms with E-state index in [1.165, 1.54) is 0 Å². The van der Waals surface area contributed by atoms with Gasteiger partial charge in [-0.25, -0.2) is 5.43 Å². The van der Waals surface area contributed by atoms with Crippen LogP contribution in [0.3, 0.4) is 0 Å². The fraction of sp³-hybridized carbons (Fsp3) is 0.222. The summed E-state index contributed by atoms with van der Waals surface area (Å²) in [4.78, 5) is 12.0. The number of rotatable bonds is 7. The maximum atomic E-state index is 12.0. The molecular weight excluding hydrogens is 455 g/mol. The van der Waals surface area contributed by atoms with Crippen LogP contribution >= 0.6 is 34.2 Å². The molecule has 0 unspecified atom stereocenters. The Kier molecular flexibility index (Phi) is 7.52. The van der Waals surface area contributed by atoms with Gasteiger partial charge in [0, 0.05) is 10.6 Å². The normalized spacial score (nSPS) is 10.7. The van der Waals surface area contributed by atoms with E-state index >= 15 is 0 Å². The molecule has 0 atom stereocenters. The van der Waals surface area contributed by atoms with Gasteiger partial charge in [-0.3, -0.25) is 4.79 Å². The standard InChI is InChI=1S/C18H18ClIN2O3/c1-3-7-25-17-15(20)8-12(9-16(17)24-2)11-21-22-18(23)13-5-4-6-14(19)10-13/h4-6,8-11H,3,7H2,1-2H3,(H,22,23)/b21-11+. The first kappa shape index (κ1) is 19.5. The summed E-state index contributed by atoms with van der Waals surface area (Å²) >= 11 is 8.06. The number of nitrogens with one attached hydrogen (secondary N) is 1. The number of ether oxygens (including phenoxy) is 2. The first-order chi connectivity index (χ1) is 12.0. The molecule has 132 valence electrons. The van der Waals surface area contributed by atoms with Crippen molar-refractivity contribution in [3.63, 3.8) is 0 Å². The molecule has 7 heteroatoms. The first-order valence-electron chi connectivity index (χ1n) is 7.64. The van der Waals surface area contributed by atoms with Crippen molar-refractivity contribution in [3.8, 4) is 11.5 Å². The number of methoxy groups -OCH3 is 1. The van der Waals surface area contributed by atoms with E-state index < -0.39 is 0 Å². The third-order valence-corrected chi connectivity index (χ3v) is 4.21. The molecule has 25 heavy (non-hydrogen) atoms. The van der Waals surface area contributed by atoms with Crippen molar-refractivity contribution in [2.45, 2.75) is 13.3 Å². The fourth-order valence-corrected chi connectivity index (χ4v) is 2.99. The summed E-state index contributed by atoms with van der Waals surface area (Å²) < 4.78 is 12.0. The van der Waals surface area contributed by atoms with Crippen LogP contribution in [0.2, 0.25) is 5.02 Å². The largest absolute Gasteiger partial charge is 0.493 e. The molecule has 0 saturated carbocycles. The number of carbonyl (C=O) groups is 1. The van der Waals surface area contributed by atoms with E-state index in [1.807, 2.05) is 19.1 Å². The van der Waals surface area contributed by atoms with Crippen LogP contribution in [0.4, 0.5) is 0 Å². The van der Waals surface area contributed by atoms with Crippen molar-refractivity contribution in [2.24, 2.45) is 5.10 Å². The fourth-order valence-electron chi connectivity index (χ4n) is 2.02. The minimum absolute atomic E-state index is 0.330. The van der Waals surface area contributed by atoms with Gasteiger partial charge < -0.3 is 9.47 Å². The van der Waals surface area contributed by atoms with E-state index in [-0.39, 0.29) is 5.91 Å². The Morgan fingerprint density at radius 1 is 1.36 bits per heavy atom. The molecule has 2 aromatic carbocycles. The highest BCUT2D eigenvalue weighted by atomic mass is 127. The lowest BCUT2D eigenvalue weighted by atomic mass is 10.2. The van der Waals surface area contributed by atoms with Crippen molar-refractivity contribution in [3.05, 3.63) is 56.1 Å². The Morgan fingerprint density at radius 2 is 2.16 bits per heavy atom. The van der Waals surface area contributed by atoms with E-state index in [1.54, 1.807) is 37.6 Å². The second kappa shape index (κ2) is 9.62. The minimum atomic E-state index is -0.330. The molecule has 1 amide bonds. The molecule has 0 saturated heterocycles. The topological polar surface area (TPSA) is 59.9 Å². The highest BCUT2D eigenvalue weighted by Crippen LogP contribution is 2.33. The molecule has 1 N–H and O–H groups in total. The molecule has 0 heterocycles. The lowest BCUT2D eigenvalue weighted by molar-refractivity contribution is 0.0955. The summed E-state index contributed by atoms with van der Waals surface area (Å²) in [6.07, 6.45) is 2.47. The van der Waals surface area contributed by atoms with Gasteiger partial charge in [-0.2, -0.15) is 5.10 Å². The van der Waals surface area contributed by atoms with Crippen LogP contribution in [0, 0.1) is 3.57 Å². The SMILES string of the molecule is CCCOc1c(I)cc(/C=N/NC(=O)c2cccc(Cl)c2)cc1OC. The number of hydrogen-bond acceptors (Lipinski definition) is 4. The van der Waals surface area contributed by atoms with Crippen molar-refractivity contribution in [2.75, 3.05) is 13.7 Å². The molecule has 0 radical (unpaired) electrons. The maximum Gasteiger partial charge on any atom is 0.271 e. The van der Waals surface area contributed by atoms with Gasteiger partial charge in [0.1, 0.15) is 0 Å². The zero-order valence-corrected chi connectivity index (χ0v) is 16.8. The second-order valence-electron chi connectivity index (χ2n) is 5.09. The Balaban J connectivity index is 2.10. The Morgan fingerprint density at radius 3 is 2.84 bits per heavy atom. The predicted octanol–water partition coefficient (Wildman–Crippen LogP) is 4.51. The van der Waals surface area contributed by atoms with Crippen molar-refractivity contribution in [1.29, 1.82) is 0 Å². The number of halogens is 2. The number of amides is 1. The number of hydrogen-bond donors (Lipinski definition) is 1. The zero-order chi connectivity index (χ0) is 18.2. The summed E-state index contributed by atoms with van der Waals surface area (Å²) in [5.74, 6) is 1.01.